The third kappa shape index (κ3) is 2.20. The second-order valence-corrected chi connectivity index (χ2v) is 5.52. The SMILES string of the molecule is O=[N+]([O-])c1cncc(Br)c1S(=O)(=O)Cl. The van der Waals surface area contributed by atoms with Gasteiger partial charge in [0, 0.05) is 16.9 Å². The fourth-order valence-electron chi connectivity index (χ4n) is 0.784. The molecule has 0 bridgehead atoms. The first-order valence-electron chi connectivity index (χ1n) is 3.06. The van der Waals surface area contributed by atoms with E-state index in [-0.39, 0.29) is 4.47 Å². The van der Waals surface area contributed by atoms with Gasteiger partial charge in [-0.3, -0.25) is 15.1 Å². The zero-order valence-corrected chi connectivity index (χ0v) is 9.50. The molecule has 1 heterocycles. The smallest absolute Gasteiger partial charge is 0.258 e. The van der Waals surface area contributed by atoms with Crippen molar-refractivity contribution in [2.45, 2.75) is 4.90 Å². The van der Waals surface area contributed by atoms with E-state index in [9.17, 15) is 18.5 Å². The first-order chi connectivity index (χ1) is 6.34. The summed E-state index contributed by atoms with van der Waals surface area (Å²) in [7, 11) is 0.858. The fourth-order valence-corrected chi connectivity index (χ4v) is 3.17. The molecule has 0 aliphatic rings. The highest BCUT2D eigenvalue weighted by Crippen LogP contribution is 2.32. The van der Waals surface area contributed by atoms with E-state index < -0.39 is 24.6 Å². The Balaban J connectivity index is 3.62. The van der Waals surface area contributed by atoms with Crippen LogP contribution in [0.5, 0.6) is 0 Å². The van der Waals surface area contributed by atoms with Crippen molar-refractivity contribution in [3.05, 3.63) is 27.0 Å². The molecule has 0 unspecified atom stereocenters. The predicted molar refractivity (Wildman–Crippen MR) is 51.6 cm³/mol. The minimum atomic E-state index is -4.17. The molecule has 0 spiro atoms. The number of halogens is 2. The molecule has 0 N–H and O–H groups in total. The molecule has 0 atom stereocenters. The van der Waals surface area contributed by atoms with E-state index in [4.69, 9.17) is 10.7 Å². The van der Waals surface area contributed by atoms with Gasteiger partial charge in [0.2, 0.25) is 0 Å². The Labute approximate surface area is 91.6 Å². The van der Waals surface area contributed by atoms with Gasteiger partial charge in [0.15, 0.2) is 4.90 Å². The van der Waals surface area contributed by atoms with Gasteiger partial charge in [-0.25, -0.2) is 8.42 Å². The van der Waals surface area contributed by atoms with Gasteiger partial charge >= 0.3 is 5.69 Å². The molecule has 0 aliphatic heterocycles. The fraction of sp³-hybridized carbons (Fsp3) is 0. The maximum Gasteiger partial charge on any atom is 0.308 e. The Bertz CT molecular complexity index is 489. The highest BCUT2D eigenvalue weighted by Gasteiger charge is 2.27. The molecule has 9 heteroatoms. The maximum absolute atomic E-state index is 11.0. The Kier molecular flexibility index (Phi) is 3.07. The van der Waals surface area contributed by atoms with Crippen LogP contribution < -0.4 is 0 Å². The molecule has 6 nitrogen and oxygen atoms in total. The lowest BCUT2D eigenvalue weighted by Crippen LogP contribution is -2.00. The van der Waals surface area contributed by atoms with Crippen molar-refractivity contribution < 1.29 is 13.3 Å². The van der Waals surface area contributed by atoms with Crippen LogP contribution in [0.4, 0.5) is 5.69 Å². The molecular formula is C5H2BrClN2O4S. The van der Waals surface area contributed by atoms with Crippen molar-refractivity contribution in [3.63, 3.8) is 0 Å². The first-order valence-corrected chi connectivity index (χ1v) is 6.17. The molecule has 0 aromatic carbocycles. The lowest BCUT2D eigenvalue weighted by atomic mass is 10.4. The van der Waals surface area contributed by atoms with Crippen molar-refractivity contribution in [2.24, 2.45) is 0 Å². The Morgan fingerprint density at radius 3 is 2.43 bits per heavy atom. The molecule has 0 amide bonds. The molecule has 76 valence electrons. The van der Waals surface area contributed by atoms with Crippen molar-refractivity contribution >= 4 is 41.4 Å². The molecular weight excluding hydrogens is 299 g/mol. The van der Waals surface area contributed by atoms with Gasteiger partial charge in [-0.05, 0) is 15.9 Å². The Morgan fingerprint density at radius 1 is 1.50 bits per heavy atom. The van der Waals surface area contributed by atoms with Crippen LogP contribution in [0.2, 0.25) is 0 Å². The van der Waals surface area contributed by atoms with Gasteiger partial charge in [0.05, 0.1) is 9.40 Å². The second kappa shape index (κ2) is 3.79. The zero-order chi connectivity index (χ0) is 10.9. The lowest BCUT2D eigenvalue weighted by Gasteiger charge is -1.99. The summed E-state index contributed by atoms with van der Waals surface area (Å²) >= 11 is 2.82. The quantitative estimate of drug-likeness (QED) is 0.471. The topological polar surface area (TPSA) is 90.2 Å². The summed E-state index contributed by atoms with van der Waals surface area (Å²) in [5.74, 6) is 0. The summed E-state index contributed by atoms with van der Waals surface area (Å²) in [4.78, 5) is 12.5. The molecule has 1 rings (SSSR count). The lowest BCUT2D eigenvalue weighted by molar-refractivity contribution is -0.388. The van der Waals surface area contributed by atoms with Crippen LogP contribution in [0, 0.1) is 10.1 Å². The Hall–Kier alpha value is -0.730. The summed E-state index contributed by atoms with van der Waals surface area (Å²) in [5, 5.41) is 10.4. The summed E-state index contributed by atoms with van der Waals surface area (Å²) in [6.07, 6.45) is 1.93. The van der Waals surface area contributed by atoms with Gasteiger partial charge in [0.1, 0.15) is 6.20 Å². The van der Waals surface area contributed by atoms with E-state index in [1.165, 1.54) is 0 Å². The molecule has 0 saturated heterocycles. The van der Waals surface area contributed by atoms with E-state index >= 15 is 0 Å². The first kappa shape index (κ1) is 11.3. The Morgan fingerprint density at radius 2 is 2.07 bits per heavy atom. The number of hydrogen-bond donors (Lipinski definition) is 0. The normalized spacial score (nSPS) is 11.3. The van der Waals surface area contributed by atoms with Gasteiger partial charge in [-0.2, -0.15) is 0 Å². The van der Waals surface area contributed by atoms with Crippen LogP contribution in [0.15, 0.2) is 21.8 Å². The van der Waals surface area contributed by atoms with Gasteiger partial charge in [-0.15, -0.1) is 0 Å². The van der Waals surface area contributed by atoms with Crippen molar-refractivity contribution in [3.8, 4) is 0 Å². The van der Waals surface area contributed by atoms with E-state index in [1.807, 2.05) is 0 Å². The third-order valence-electron chi connectivity index (χ3n) is 1.27. The summed E-state index contributed by atoms with van der Waals surface area (Å²) in [6, 6.07) is 0. The molecule has 1 aromatic rings. The molecule has 0 saturated carbocycles. The number of aromatic nitrogens is 1. The van der Waals surface area contributed by atoms with Crippen LogP contribution in [0.3, 0.4) is 0 Å². The second-order valence-electron chi connectivity index (χ2n) is 2.16. The number of nitrogens with zero attached hydrogens (tertiary/aromatic N) is 2. The van der Waals surface area contributed by atoms with Crippen LogP contribution in [-0.4, -0.2) is 18.3 Å². The van der Waals surface area contributed by atoms with E-state index in [2.05, 4.69) is 20.9 Å². The number of hydrogen-bond acceptors (Lipinski definition) is 5. The van der Waals surface area contributed by atoms with E-state index in [0.29, 0.717) is 0 Å². The van der Waals surface area contributed by atoms with E-state index in [1.54, 1.807) is 0 Å². The maximum atomic E-state index is 11.0. The standard InChI is InChI=1S/C5H2BrClN2O4S/c6-3-1-8-2-4(9(10)11)5(3)14(7,12)13/h1-2H. The number of pyridine rings is 1. The van der Waals surface area contributed by atoms with Gasteiger partial charge in [-0.1, -0.05) is 0 Å². The van der Waals surface area contributed by atoms with Crippen LogP contribution in [-0.2, 0) is 9.05 Å². The third-order valence-corrected chi connectivity index (χ3v) is 3.52. The molecule has 0 radical (unpaired) electrons. The highest BCUT2D eigenvalue weighted by molar-refractivity contribution is 9.10. The molecule has 0 aliphatic carbocycles. The highest BCUT2D eigenvalue weighted by atomic mass is 79.9. The van der Waals surface area contributed by atoms with Crippen molar-refractivity contribution in [1.29, 1.82) is 0 Å². The van der Waals surface area contributed by atoms with Gasteiger partial charge < -0.3 is 0 Å². The average molecular weight is 302 g/mol. The largest absolute Gasteiger partial charge is 0.308 e. The molecule has 0 fully saturated rings. The number of rotatable bonds is 2. The summed E-state index contributed by atoms with van der Waals surface area (Å²) in [5.41, 5.74) is -0.658. The van der Waals surface area contributed by atoms with Crippen LogP contribution >= 0.6 is 26.6 Å². The van der Waals surface area contributed by atoms with Crippen LogP contribution in [0.1, 0.15) is 0 Å². The predicted octanol–water partition coefficient (Wildman–Crippen LogP) is 1.68. The molecule has 1 aromatic heterocycles. The monoisotopic (exact) mass is 300 g/mol. The average Bonchev–Trinajstić information content (AvgIpc) is 2.01. The van der Waals surface area contributed by atoms with Gasteiger partial charge in [0.25, 0.3) is 9.05 Å². The number of nitro groups is 1. The van der Waals surface area contributed by atoms with Crippen molar-refractivity contribution in [1.82, 2.24) is 4.98 Å². The molecule has 14 heavy (non-hydrogen) atoms. The zero-order valence-electron chi connectivity index (χ0n) is 6.35. The summed E-state index contributed by atoms with van der Waals surface area (Å²) in [6.45, 7) is 0. The van der Waals surface area contributed by atoms with E-state index in [0.717, 1.165) is 12.4 Å². The van der Waals surface area contributed by atoms with Crippen molar-refractivity contribution in [2.75, 3.05) is 0 Å². The summed E-state index contributed by atoms with van der Waals surface area (Å²) < 4.78 is 21.9. The van der Waals surface area contributed by atoms with Crippen LogP contribution in [0.25, 0.3) is 0 Å². The minimum Gasteiger partial charge on any atom is -0.258 e. The minimum absolute atomic E-state index is 0.0401.